The lowest BCUT2D eigenvalue weighted by atomic mass is 10.7. The number of nitrogens with two attached hydrogens (primary N) is 1. The van der Waals surface area contributed by atoms with Crippen molar-refractivity contribution in [3.63, 3.8) is 0 Å². The molecule has 0 atom stereocenters. The van der Waals surface area contributed by atoms with Crippen molar-refractivity contribution in [2.75, 3.05) is 5.73 Å². The van der Waals surface area contributed by atoms with Crippen LogP contribution in [-0.2, 0) is 0 Å². The van der Waals surface area contributed by atoms with Gasteiger partial charge < -0.3 is 5.73 Å². The first-order valence-electron chi connectivity index (χ1n) is 2.71. The van der Waals surface area contributed by atoms with E-state index in [4.69, 9.17) is 5.73 Å². The zero-order chi connectivity index (χ0) is 7.14. The molecule has 0 saturated heterocycles. The van der Waals surface area contributed by atoms with Crippen LogP contribution in [0.25, 0.3) is 4.96 Å². The monoisotopic (exact) mass is 155 g/mol. The van der Waals surface area contributed by atoms with Crippen LogP contribution >= 0.6 is 11.3 Å². The minimum atomic E-state index is 0.521. The van der Waals surface area contributed by atoms with E-state index in [1.807, 2.05) is 6.92 Å². The van der Waals surface area contributed by atoms with Crippen molar-refractivity contribution in [1.29, 1.82) is 0 Å². The number of hydrogen-bond acceptors (Lipinski definition) is 5. The molecule has 0 aliphatic heterocycles. The zero-order valence-corrected chi connectivity index (χ0v) is 6.09. The number of aryl methyl sites for hydroxylation is 1. The molecule has 0 saturated carbocycles. The van der Waals surface area contributed by atoms with Crippen LogP contribution in [0.2, 0.25) is 0 Å². The van der Waals surface area contributed by atoms with Crippen LogP contribution in [0.15, 0.2) is 0 Å². The van der Waals surface area contributed by atoms with Gasteiger partial charge in [0.25, 0.3) is 0 Å². The molecule has 0 amide bonds. The number of rotatable bonds is 0. The summed E-state index contributed by atoms with van der Waals surface area (Å²) in [4.78, 5) is 0.745. The lowest BCUT2D eigenvalue weighted by Crippen LogP contribution is -1.90. The summed E-state index contributed by atoms with van der Waals surface area (Å²) in [6.45, 7) is 1.83. The second-order valence-corrected chi connectivity index (χ2v) is 2.87. The van der Waals surface area contributed by atoms with Crippen molar-refractivity contribution in [2.45, 2.75) is 6.92 Å². The Morgan fingerprint density at radius 1 is 1.50 bits per heavy atom. The van der Waals surface area contributed by atoms with Gasteiger partial charge in [-0.1, -0.05) is 11.3 Å². The molecule has 0 aliphatic carbocycles. The summed E-state index contributed by atoms with van der Waals surface area (Å²) >= 11 is 1.33. The average molecular weight is 155 g/mol. The van der Waals surface area contributed by atoms with Crippen molar-refractivity contribution in [3.8, 4) is 0 Å². The van der Waals surface area contributed by atoms with Crippen LogP contribution in [0.5, 0.6) is 0 Å². The molecule has 0 bridgehead atoms. The van der Waals surface area contributed by atoms with E-state index < -0.39 is 0 Å². The molecule has 0 radical (unpaired) electrons. The maximum Gasteiger partial charge on any atom is 0.236 e. The van der Waals surface area contributed by atoms with E-state index in [2.05, 4.69) is 15.3 Å². The van der Waals surface area contributed by atoms with E-state index >= 15 is 0 Å². The number of nitrogens with zero attached hydrogens (tertiary/aromatic N) is 4. The van der Waals surface area contributed by atoms with E-state index in [0.717, 1.165) is 10.8 Å². The standard InChI is InChI=1S/C4H5N5S/c1-2-6-7-4-9(2)8-3(5)10-4/h1H3,(H2,5,8). The first kappa shape index (κ1) is 5.60. The van der Waals surface area contributed by atoms with Crippen molar-refractivity contribution >= 4 is 21.4 Å². The summed E-state index contributed by atoms with van der Waals surface area (Å²) in [7, 11) is 0. The molecule has 0 spiro atoms. The largest absolute Gasteiger partial charge is 0.374 e. The second-order valence-electron chi connectivity index (χ2n) is 1.88. The van der Waals surface area contributed by atoms with Crippen LogP contribution in [0.4, 0.5) is 5.13 Å². The summed E-state index contributed by atoms with van der Waals surface area (Å²) in [6.07, 6.45) is 0. The van der Waals surface area contributed by atoms with Gasteiger partial charge in [-0.25, -0.2) is 0 Å². The Bertz CT molecular complexity index is 360. The van der Waals surface area contributed by atoms with Gasteiger partial charge in [0, 0.05) is 0 Å². The first-order valence-corrected chi connectivity index (χ1v) is 3.53. The predicted octanol–water partition coefficient (Wildman–Crippen LogP) is 0.0764. The van der Waals surface area contributed by atoms with Crippen molar-refractivity contribution in [2.24, 2.45) is 0 Å². The van der Waals surface area contributed by atoms with Gasteiger partial charge >= 0.3 is 0 Å². The summed E-state index contributed by atoms with van der Waals surface area (Å²) in [5.41, 5.74) is 5.42. The molecule has 0 fully saturated rings. The van der Waals surface area contributed by atoms with Gasteiger partial charge in [0.1, 0.15) is 0 Å². The predicted molar refractivity (Wildman–Crippen MR) is 37.8 cm³/mol. The van der Waals surface area contributed by atoms with Crippen LogP contribution in [0.3, 0.4) is 0 Å². The third-order valence-electron chi connectivity index (χ3n) is 1.16. The van der Waals surface area contributed by atoms with Gasteiger partial charge in [0.05, 0.1) is 0 Å². The molecular weight excluding hydrogens is 150 g/mol. The summed E-state index contributed by atoms with van der Waals surface area (Å²) in [5, 5.41) is 12.1. The highest BCUT2D eigenvalue weighted by Crippen LogP contribution is 2.13. The van der Waals surface area contributed by atoms with Crippen LogP contribution in [0.1, 0.15) is 5.82 Å². The van der Waals surface area contributed by atoms with Crippen molar-refractivity contribution in [3.05, 3.63) is 5.82 Å². The van der Waals surface area contributed by atoms with Crippen molar-refractivity contribution < 1.29 is 0 Å². The Hall–Kier alpha value is -1.17. The van der Waals surface area contributed by atoms with Crippen molar-refractivity contribution in [1.82, 2.24) is 19.8 Å². The molecule has 2 rings (SSSR count). The van der Waals surface area contributed by atoms with Gasteiger partial charge in [0.15, 0.2) is 5.82 Å². The Labute approximate surface area is 60.5 Å². The number of fused-ring (bicyclic) bond motifs is 1. The smallest absolute Gasteiger partial charge is 0.236 e. The molecule has 0 aliphatic rings. The minimum absolute atomic E-state index is 0.521. The quantitative estimate of drug-likeness (QED) is 0.584. The molecule has 10 heavy (non-hydrogen) atoms. The third-order valence-corrected chi connectivity index (χ3v) is 1.89. The lowest BCUT2D eigenvalue weighted by Gasteiger charge is -1.79. The molecule has 2 aromatic heterocycles. The Morgan fingerprint density at radius 3 is 3.00 bits per heavy atom. The van der Waals surface area contributed by atoms with Crippen LogP contribution < -0.4 is 5.73 Å². The van der Waals surface area contributed by atoms with Crippen LogP contribution in [0, 0.1) is 6.92 Å². The van der Waals surface area contributed by atoms with Gasteiger partial charge in [-0.3, -0.25) is 0 Å². The van der Waals surface area contributed by atoms with E-state index in [-0.39, 0.29) is 0 Å². The maximum absolute atomic E-state index is 5.42. The SMILES string of the molecule is Cc1nnc2sc(N)nn12. The van der Waals surface area contributed by atoms with E-state index in [9.17, 15) is 0 Å². The number of aromatic nitrogens is 4. The maximum atomic E-state index is 5.42. The topological polar surface area (TPSA) is 69.1 Å². The van der Waals surface area contributed by atoms with E-state index in [1.165, 1.54) is 11.3 Å². The highest BCUT2D eigenvalue weighted by Gasteiger charge is 2.04. The molecule has 2 aromatic rings. The van der Waals surface area contributed by atoms with E-state index in [1.54, 1.807) is 4.52 Å². The fraction of sp³-hybridized carbons (Fsp3) is 0.250. The molecular formula is C4H5N5S. The van der Waals surface area contributed by atoms with E-state index in [0.29, 0.717) is 5.13 Å². The number of nitrogen functional groups attached to an aromatic ring is 1. The number of hydrogen-bond donors (Lipinski definition) is 1. The summed E-state index contributed by atoms with van der Waals surface area (Å²) in [6, 6.07) is 0. The third kappa shape index (κ3) is 0.590. The molecule has 52 valence electrons. The fourth-order valence-electron chi connectivity index (χ4n) is 0.730. The van der Waals surface area contributed by atoms with Gasteiger partial charge in [-0.05, 0) is 6.92 Å². The highest BCUT2D eigenvalue weighted by molar-refractivity contribution is 7.20. The highest BCUT2D eigenvalue weighted by atomic mass is 32.1. The fourth-order valence-corrected chi connectivity index (χ4v) is 1.38. The lowest BCUT2D eigenvalue weighted by molar-refractivity contribution is 0.899. The Balaban J connectivity index is 2.90. The summed E-state index contributed by atoms with van der Waals surface area (Å²) < 4.78 is 1.62. The Kier molecular flexibility index (Phi) is 0.930. The zero-order valence-electron chi connectivity index (χ0n) is 5.27. The molecule has 6 heteroatoms. The van der Waals surface area contributed by atoms with Gasteiger partial charge in [-0.2, -0.15) is 4.52 Å². The summed E-state index contributed by atoms with van der Waals surface area (Å²) in [5.74, 6) is 0.767. The Morgan fingerprint density at radius 2 is 2.30 bits per heavy atom. The first-order chi connectivity index (χ1) is 4.77. The molecule has 0 aromatic carbocycles. The van der Waals surface area contributed by atoms with Gasteiger partial charge in [0.2, 0.25) is 10.1 Å². The van der Waals surface area contributed by atoms with Gasteiger partial charge in [-0.15, -0.1) is 15.3 Å². The minimum Gasteiger partial charge on any atom is -0.374 e. The normalized spacial score (nSPS) is 10.9. The molecule has 0 unspecified atom stereocenters. The molecule has 2 heterocycles. The van der Waals surface area contributed by atoms with Crippen LogP contribution in [-0.4, -0.2) is 19.8 Å². The molecule has 2 N–H and O–H groups in total. The average Bonchev–Trinajstić information content (AvgIpc) is 2.35. The molecule has 5 nitrogen and oxygen atoms in total. The number of anilines is 1. The second kappa shape index (κ2) is 1.66.